The third-order valence-corrected chi connectivity index (χ3v) is 5.15. The van der Waals surface area contributed by atoms with Crippen LogP contribution in [0.1, 0.15) is 6.92 Å². The number of alkyl halides is 5. The van der Waals surface area contributed by atoms with E-state index < -0.39 is 42.9 Å². The zero-order valence-corrected chi connectivity index (χ0v) is 10.1. The second kappa shape index (κ2) is 5.03. The molecule has 1 aromatic rings. The van der Waals surface area contributed by atoms with Crippen molar-refractivity contribution in [2.24, 2.45) is 0 Å². The second-order valence-electron chi connectivity index (χ2n) is 3.53. The average Bonchev–Trinajstić information content (AvgIpc) is 2.20. The van der Waals surface area contributed by atoms with Gasteiger partial charge in [-0.05, 0) is 19.1 Å². The zero-order valence-electron chi connectivity index (χ0n) is 9.08. The molecule has 0 radical (unpaired) electrons. The molecule has 18 heavy (non-hydrogen) atoms. The number of hydrogen-bond acceptors (Lipinski definition) is 0. The van der Waals surface area contributed by atoms with E-state index in [2.05, 4.69) is 0 Å². The Balaban J connectivity index is 3.26. The molecular weight excluding hydrogens is 284 g/mol. The lowest BCUT2D eigenvalue weighted by atomic mass is 10.3. The molecule has 0 N–H and O–H groups in total. The van der Waals surface area contributed by atoms with Gasteiger partial charge in [0.2, 0.25) is 0 Å². The Hall–Kier alpha value is -0.840. The minimum atomic E-state index is -5.74. The molecule has 0 bridgehead atoms. The summed E-state index contributed by atoms with van der Waals surface area (Å²) in [4.78, 5) is 0. The molecule has 0 aliphatic heterocycles. The molecule has 0 aliphatic rings. The number of rotatable bonds is 3. The molecule has 1 aromatic carbocycles. The largest absolute Gasteiger partial charge is 0.493 e. The molecule has 0 amide bonds. The molecule has 1 rings (SSSR count). The van der Waals surface area contributed by atoms with Crippen molar-refractivity contribution in [2.75, 3.05) is 6.16 Å². The fourth-order valence-corrected chi connectivity index (χ4v) is 3.64. The van der Waals surface area contributed by atoms with Crippen LogP contribution >= 0.6 is 7.92 Å². The van der Waals surface area contributed by atoms with E-state index in [0.717, 1.165) is 6.92 Å². The van der Waals surface area contributed by atoms with Crippen molar-refractivity contribution in [1.82, 2.24) is 0 Å². The Morgan fingerprint density at radius 3 is 2.00 bits per heavy atom. The summed E-state index contributed by atoms with van der Waals surface area (Å²) in [6.07, 6.45) is -6.27. The maximum Gasteiger partial charge on any atom is 0.493 e. The number of halogens is 7. The molecule has 0 saturated heterocycles. The number of hydrogen-bond donors (Lipinski definition) is 0. The molecule has 0 aliphatic carbocycles. The van der Waals surface area contributed by atoms with Crippen molar-refractivity contribution in [3.8, 4) is 0 Å². The van der Waals surface area contributed by atoms with Gasteiger partial charge in [0, 0.05) is 6.07 Å². The molecule has 0 nitrogen and oxygen atoms in total. The Bertz CT molecular complexity index is 427. The van der Waals surface area contributed by atoms with Gasteiger partial charge in [-0.25, -0.2) is 8.78 Å². The van der Waals surface area contributed by atoms with Gasteiger partial charge >= 0.3 is 11.8 Å². The van der Waals surface area contributed by atoms with Crippen LogP contribution in [-0.2, 0) is 0 Å². The molecule has 102 valence electrons. The highest BCUT2D eigenvalue weighted by Gasteiger charge is 2.68. The SMILES string of the molecule is CC[PH+](c1ccc(F)cc1F)C(F)(F)C(F)(F)F. The monoisotopic (exact) mass is 293 g/mol. The van der Waals surface area contributed by atoms with Crippen molar-refractivity contribution in [2.45, 2.75) is 18.8 Å². The lowest BCUT2D eigenvalue weighted by Gasteiger charge is -2.21. The van der Waals surface area contributed by atoms with Crippen LogP contribution in [0.25, 0.3) is 0 Å². The summed E-state index contributed by atoms with van der Waals surface area (Å²) in [5.74, 6) is -2.39. The first kappa shape index (κ1) is 15.2. The Morgan fingerprint density at radius 2 is 1.61 bits per heavy atom. The summed E-state index contributed by atoms with van der Waals surface area (Å²) in [5, 5.41) is -0.744. The lowest BCUT2D eigenvalue weighted by molar-refractivity contribution is -0.240. The van der Waals surface area contributed by atoms with E-state index in [9.17, 15) is 30.7 Å². The van der Waals surface area contributed by atoms with Crippen molar-refractivity contribution in [3.63, 3.8) is 0 Å². The minimum Gasteiger partial charge on any atom is -0.207 e. The normalized spacial score (nSPS) is 14.7. The van der Waals surface area contributed by atoms with Crippen LogP contribution < -0.4 is 5.30 Å². The van der Waals surface area contributed by atoms with Crippen LogP contribution in [0, 0.1) is 11.6 Å². The van der Waals surface area contributed by atoms with Gasteiger partial charge in [0.05, 0.1) is 6.16 Å². The fraction of sp³-hybridized carbons (Fsp3) is 0.400. The Labute approximate surface area is 99.5 Å². The van der Waals surface area contributed by atoms with Gasteiger partial charge in [0.1, 0.15) is 19.0 Å². The predicted octanol–water partition coefficient (Wildman–Crippen LogP) is 3.98. The van der Waals surface area contributed by atoms with Gasteiger partial charge in [0.25, 0.3) is 0 Å². The van der Waals surface area contributed by atoms with Crippen LogP contribution in [0.4, 0.5) is 30.7 Å². The Kier molecular flexibility index (Phi) is 4.26. The standard InChI is InChI=1S/C10H8F7P/c1-2-18(10(16,17)9(13,14)15)8-4-3-6(11)5-7(8)12/h3-5H,2H2,1H3/p+1. The lowest BCUT2D eigenvalue weighted by Crippen LogP contribution is -2.38. The van der Waals surface area contributed by atoms with E-state index in [-0.39, 0.29) is 0 Å². The van der Waals surface area contributed by atoms with Crippen LogP contribution in [0.15, 0.2) is 18.2 Å². The van der Waals surface area contributed by atoms with Crippen LogP contribution in [0.5, 0.6) is 0 Å². The van der Waals surface area contributed by atoms with E-state index in [1.54, 1.807) is 0 Å². The summed E-state index contributed by atoms with van der Waals surface area (Å²) in [5.41, 5.74) is -4.97. The summed E-state index contributed by atoms with van der Waals surface area (Å²) in [6, 6.07) is 1.63. The molecule has 0 heterocycles. The molecule has 0 spiro atoms. The summed E-state index contributed by atoms with van der Waals surface area (Å²) >= 11 is 0. The highest BCUT2D eigenvalue weighted by Crippen LogP contribution is 2.58. The topological polar surface area (TPSA) is 0 Å². The molecule has 0 fully saturated rings. The van der Waals surface area contributed by atoms with Gasteiger partial charge in [-0.2, -0.15) is 22.0 Å². The van der Waals surface area contributed by atoms with Gasteiger partial charge in [-0.3, -0.25) is 0 Å². The second-order valence-corrected chi connectivity index (χ2v) is 6.36. The molecule has 1 atom stereocenters. The number of benzene rings is 1. The van der Waals surface area contributed by atoms with Gasteiger partial charge < -0.3 is 0 Å². The van der Waals surface area contributed by atoms with E-state index in [1.807, 2.05) is 0 Å². The van der Waals surface area contributed by atoms with Crippen LogP contribution in [0.3, 0.4) is 0 Å². The first-order valence-electron chi connectivity index (χ1n) is 4.87. The molecule has 1 unspecified atom stereocenters. The highest BCUT2D eigenvalue weighted by atomic mass is 31.1. The zero-order chi connectivity index (χ0) is 14.1. The summed E-state index contributed by atoms with van der Waals surface area (Å²) in [7, 11) is -3.54. The summed E-state index contributed by atoms with van der Waals surface area (Å²) < 4.78 is 89.1. The maximum atomic E-state index is 13.3. The van der Waals surface area contributed by atoms with Crippen molar-refractivity contribution in [3.05, 3.63) is 29.8 Å². The first-order valence-corrected chi connectivity index (χ1v) is 6.58. The van der Waals surface area contributed by atoms with Gasteiger partial charge in [-0.1, -0.05) is 0 Å². The van der Waals surface area contributed by atoms with E-state index in [1.165, 1.54) is 0 Å². The van der Waals surface area contributed by atoms with Crippen LogP contribution in [0.2, 0.25) is 0 Å². The highest BCUT2D eigenvalue weighted by molar-refractivity contribution is 7.66. The van der Waals surface area contributed by atoms with Crippen molar-refractivity contribution in [1.29, 1.82) is 0 Å². The first-order chi connectivity index (χ1) is 8.11. The predicted molar refractivity (Wildman–Crippen MR) is 55.9 cm³/mol. The quantitative estimate of drug-likeness (QED) is 0.584. The molecule has 8 heteroatoms. The Morgan fingerprint density at radius 1 is 1.06 bits per heavy atom. The third kappa shape index (κ3) is 2.76. The fourth-order valence-electron chi connectivity index (χ4n) is 1.49. The molecule has 0 aromatic heterocycles. The average molecular weight is 293 g/mol. The minimum absolute atomic E-state index is 0.308. The van der Waals surface area contributed by atoms with E-state index in [4.69, 9.17) is 0 Å². The van der Waals surface area contributed by atoms with E-state index in [0.29, 0.717) is 18.2 Å². The molecule has 0 saturated carbocycles. The molecular formula is C10H9F7P+. The third-order valence-electron chi connectivity index (χ3n) is 2.34. The summed E-state index contributed by atoms with van der Waals surface area (Å²) in [6.45, 7) is 1.12. The van der Waals surface area contributed by atoms with E-state index >= 15 is 0 Å². The maximum absolute atomic E-state index is 13.3. The van der Waals surface area contributed by atoms with Crippen LogP contribution in [-0.4, -0.2) is 18.0 Å². The smallest absolute Gasteiger partial charge is 0.207 e. The van der Waals surface area contributed by atoms with Gasteiger partial charge in [-0.15, -0.1) is 0 Å². The van der Waals surface area contributed by atoms with Gasteiger partial charge in [0.15, 0.2) is 5.82 Å². The van der Waals surface area contributed by atoms with Crippen molar-refractivity contribution < 1.29 is 30.7 Å². The van der Waals surface area contributed by atoms with Crippen molar-refractivity contribution >= 4 is 13.2 Å².